The van der Waals surface area contributed by atoms with E-state index in [4.69, 9.17) is 14.4 Å². The number of hydrogen-bond acceptors (Lipinski definition) is 5. The van der Waals surface area contributed by atoms with Crippen molar-refractivity contribution in [3.8, 4) is 5.75 Å². The number of carboxylic acids is 1. The molecule has 0 aliphatic rings. The van der Waals surface area contributed by atoms with Crippen LogP contribution >= 0.6 is 8.17 Å². The number of rotatable bonds is 5. The first-order valence-corrected chi connectivity index (χ1v) is 6.23. The monoisotopic (exact) mass is 271 g/mol. The number of carboxylic acid groups (broad SMARTS) is 1. The van der Waals surface area contributed by atoms with E-state index in [9.17, 15) is 9.69 Å². The largest absolute Gasteiger partial charge is 0.575 e. The highest BCUT2D eigenvalue weighted by Crippen LogP contribution is 2.28. The third kappa shape index (κ3) is 3.77. The third-order valence-corrected chi connectivity index (χ3v) is 3.18. The minimum Gasteiger partial charge on any atom is -0.575 e. The highest BCUT2D eigenvalue weighted by atomic mass is 31.1. The van der Waals surface area contributed by atoms with Crippen molar-refractivity contribution in [3.05, 3.63) is 29.8 Å². The van der Waals surface area contributed by atoms with E-state index in [0.717, 1.165) is 5.56 Å². The number of nitrogens with zero attached hydrogens (tertiary/aromatic N) is 1. The quantitative estimate of drug-likeness (QED) is 0.822. The van der Waals surface area contributed by atoms with Crippen LogP contribution in [0, 0.1) is 6.92 Å². The molecule has 0 spiro atoms. The summed E-state index contributed by atoms with van der Waals surface area (Å²) in [6.45, 7) is 3.10. The van der Waals surface area contributed by atoms with Gasteiger partial charge in [-0.15, -0.1) is 0 Å². The van der Waals surface area contributed by atoms with Gasteiger partial charge in [-0.1, -0.05) is 17.7 Å². The molecule has 0 radical (unpaired) electrons. The van der Waals surface area contributed by atoms with E-state index >= 15 is 0 Å². The average molecular weight is 271 g/mol. The molecule has 2 atom stereocenters. The Morgan fingerprint density at radius 2 is 2.00 bits per heavy atom. The van der Waals surface area contributed by atoms with Crippen LogP contribution in [0.3, 0.4) is 0 Å². The summed E-state index contributed by atoms with van der Waals surface area (Å²) in [7, 11) is -1.35. The molecule has 2 unspecified atom stereocenters. The molecule has 0 aliphatic heterocycles. The average Bonchev–Trinajstić information content (AvgIpc) is 2.31. The minimum absolute atomic E-state index is 0.356. The zero-order valence-electron chi connectivity index (χ0n) is 10.3. The molecule has 1 aromatic rings. The van der Waals surface area contributed by atoms with Crippen molar-refractivity contribution >= 4 is 14.1 Å². The Morgan fingerprint density at radius 1 is 1.44 bits per heavy atom. The summed E-state index contributed by atoms with van der Waals surface area (Å²) >= 11 is 0. The summed E-state index contributed by atoms with van der Waals surface area (Å²) in [6.07, 6.45) is 0. The van der Waals surface area contributed by atoms with Crippen molar-refractivity contribution in [2.45, 2.75) is 19.6 Å². The van der Waals surface area contributed by atoms with Gasteiger partial charge in [0.05, 0.1) is 0 Å². The Balaban J connectivity index is 2.84. The van der Waals surface area contributed by atoms with Gasteiger partial charge in [0.2, 0.25) is 0 Å². The van der Waals surface area contributed by atoms with Gasteiger partial charge in [-0.2, -0.15) is 0 Å². The van der Waals surface area contributed by atoms with Gasteiger partial charge in [0.1, 0.15) is 0 Å². The van der Waals surface area contributed by atoms with Crippen molar-refractivity contribution in [3.63, 3.8) is 0 Å². The molecule has 98 valence electrons. The van der Waals surface area contributed by atoms with Crippen LogP contribution in [0.5, 0.6) is 5.75 Å². The summed E-state index contributed by atoms with van der Waals surface area (Å²) in [5, 5.41) is 8.88. The fraction of sp³-hybridized carbons (Fsp3) is 0.364. The Hall–Kier alpha value is -1.49. The van der Waals surface area contributed by atoms with Crippen LogP contribution in [0.1, 0.15) is 12.5 Å². The lowest BCUT2D eigenvalue weighted by Gasteiger charge is -2.14. The van der Waals surface area contributed by atoms with E-state index < -0.39 is 19.9 Å². The van der Waals surface area contributed by atoms with Crippen molar-refractivity contribution in [1.29, 1.82) is 0 Å². The molecule has 0 bridgehead atoms. The van der Waals surface area contributed by atoms with E-state index in [1.807, 2.05) is 6.92 Å². The highest BCUT2D eigenvalue weighted by Gasteiger charge is 2.37. The van der Waals surface area contributed by atoms with E-state index in [1.54, 1.807) is 24.3 Å². The molecule has 0 saturated heterocycles. The molecule has 1 N–H and O–H groups in total. The van der Waals surface area contributed by atoms with Crippen molar-refractivity contribution in [2.75, 3.05) is 7.11 Å². The molecule has 1 aromatic carbocycles. The number of methoxy groups -OCH3 is 1. The van der Waals surface area contributed by atoms with Crippen LogP contribution in [0.25, 0.3) is 0 Å². The predicted octanol–water partition coefficient (Wildman–Crippen LogP) is 1.68. The SMILES string of the molecule is COC(C)(N=[P+]([O-])Oc1ccc(C)cc1)C(=O)O. The van der Waals surface area contributed by atoms with Gasteiger partial charge in [0, 0.05) is 14.0 Å². The third-order valence-electron chi connectivity index (χ3n) is 2.27. The van der Waals surface area contributed by atoms with E-state index in [0.29, 0.717) is 5.75 Å². The minimum atomic E-state index is -2.52. The summed E-state index contributed by atoms with van der Waals surface area (Å²) < 4.78 is 13.2. The van der Waals surface area contributed by atoms with Crippen LogP contribution in [0.4, 0.5) is 0 Å². The summed E-state index contributed by atoms with van der Waals surface area (Å²) in [5.41, 5.74) is -0.847. The van der Waals surface area contributed by atoms with Gasteiger partial charge in [-0.05, 0) is 23.8 Å². The maximum absolute atomic E-state index is 11.6. The standard InChI is InChI=1S/C11H14NO5P/c1-8-4-6-9(7-5-8)17-18(15)12-11(2,16-3)10(13)14/h4-7H,1-3H3,(H,13,14). The first-order valence-electron chi connectivity index (χ1n) is 5.10. The number of ether oxygens (including phenoxy) is 1. The first-order chi connectivity index (χ1) is 8.37. The van der Waals surface area contributed by atoms with Crippen LogP contribution in [0.2, 0.25) is 0 Å². The topological polar surface area (TPSA) is 91.2 Å². The van der Waals surface area contributed by atoms with Crippen LogP contribution in [-0.4, -0.2) is 23.9 Å². The maximum atomic E-state index is 11.6. The van der Waals surface area contributed by atoms with E-state index in [-0.39, 0.29) is 0 Å². The Bertz CT molecular complexity index is 459. The van der Waals surface area contributed by atoms with E-state index in [1.165, 1.54) is 14.0 Å². The molecule has 0 fully saturated rings. The fourth-order valence-electron chi connectivity index (χ4n) is 1.04. The zero-order valence-corrected chi connectivity index (χ0v) is 11.2. The summed E-state index contributed by atoms with van der Waals surface area (Å²) in [5.74, 6) is -0.977. The number of carbonyl (C=O) groups is 1. The summed E-state index contributed by atoms with van der Waals surface area (Å²) in [4.78, 5) is 22.5. The van der Waals surface area contributed by atoms with Gasteiger partial charge in [-0.25, -0.2) is 4.79 Å². The number of hydrogen-bond donors (Lipinski definition) is 1. The lowest BCUT2D eigenvalue weighted by molar-refractivity contribution is -0.175. The van der Waals surface area contributed by atoms with Gasteiger partial charge in [-0.3, -0.25) is 4.52 Å². The molecule has 0 amide bonds. The van der Waals surface area contributed by atoms with Crippen LogP contribution in [-0.2, 0) is 9.53 Å². The molecule has 0 saturated carbocycles. The van der Waals surface area contributed by atoms with Gasteiger partial charge in [0.15, 0.2) is 5.75 Å². The number of aryl methyl sites for hydroxylation is 1. The zero-order chi connectivity index (χ0) is 13.8. The second-order valence-electron chi connectivity index (χ2n) is 3.73. The first kappa shape index (κ1) is 14.6. The van der Waals surface area contributed by atoms with Gasteiger partial charge in [0.25, 0.3) is 5.72 Å². The Labute approximate surface area is 106 Å². The molecular weight excluding hydrogens is 257 g/mol. The molecule has 0 aliphatic carbocycles. The summed E-state index contributed by atoms with van der Waals surface area (Å²) in [6, 6.07) is 6.82. The molecular formula is C11H14NO5P. The highest BCUT2D eigenvalue weighted by molar-refractivity contribution is 7.34. The number of aliphatic carboxylic acids is 1. The fourth-order valence-corrected chi connectivity index (χ4v) is 1.86. The van der Waals surface area contributed by atoms with Gasteiger partial charge >= 0.3 is 14.1 Å². The maximum Gasteiger partial charge on any atom is 0.398 e. The molecule has 6 nitrogen and oxygen atoms in total. The van der Waals surface area contributed by atoms with Crippen molar-refractivity contribution in [2.24, 2.45) is 4.74 Å². The lowest BCUT2D eigenvalue weighted by atomic mass is 10.2. The van der Waals surface area contributed by atoms with E-state index in [2.05, 4.69) is 4.74 Å². The molecule has 18 heavy (non-hydrogen) atoms. The van der Waals surface area contributed by atoms with Crippen LogP contribution < -0.4 is 9.42 Å². The van der Waals surface area contributed by atoms with Crippen molar-refractivity contribution in [1.82, 2.24) is 0 Å². The number of benzene rings is 1. The van der Waals surface area contributed by atoms with Crippen molar-refractivity contribution < 1.29 is 24.1 Å². The van der Waals surface area contributed by atoms with Crippen LogP contribution in [0.15, 0.2) is 29.0 Å². The van der Waals surface area contributed by atoms with Gasteiger partial charge < -0.3 is 14.7 Å². The second kappa shape index (κ2) is 5.91. The molecule has 1 rings (SSSR count). The molecule has 0 heterocycles. The Morgan fingerprint density at radius 3 is 2.44 bits per heavy atom. The molecule has 0 aromatic heterocycles. The predicted molar refractivity (Wildman–Crippen MR) is 64.2 cm³/mol. The normalized spacial score (nSPS) is 15.0. The molecule has 7 heteroatoms. The lowest BCUT2D eigenvalue weighted by Crippen LogP contribution is -2.34. The Kier molecular flexibility index (Phi) is 4.78. The smallest absolute Gasteiger partial charge is 0.398 e. The second-order valence-corrected chi connectivity index (χ2v) is 4.59.